The molecular weight excluding hydrogens is 383 g/mol. The van der Waals surface area contributed by atoms with Crippen LogP contribution in [0.3, 0.4) is 0 Å². The molecule has 1 unspecified atom stereocenters. The van der Waals surface area contributed by atoms with Crippen LogP contribution in [0, 0.1) is 12.7 Å². The molecule has 1 saturated heterocycles. The smallest absolute Gasteiger partial charge is 0.255 e. The quantitative estimate of drug-likeness (QED) is 0.682. The molecule has 2 amide bonds. The lowest BCUT2D eigenvalue weighted by Crippen LogP contribution is -2.38. The van der Waals surface area contributed by atoms with E-state index in [9.17, 15) is 14.0 Å². The van der Waals surface area contributed by atoms with Crippen molar-refractivity contribution in [1.82, 2.24) is 20.0 Å². The third kappa shape index (κ3) is 4.10. The van der Waals surface area contributed by atoms with Crippen LogP contribution < -0.4 is 5.32 Å². The van der Waals surface area contributed by atoms with Crippen LogP contribution in [0.15, 0.2) is 60.8 Å². The van der Waals surface area contributed by atoms with Crippen LogP contribution in [0.2, 0.25) is 0 Å². The first-order chi connectivity index (χ1) is 14.5. The lowest BCUT2D eigenvalue weighted by Gasteiger charge is -2.25. The molecule has 0 saturated carbocycles. The molecule has 0 bridgehead atoms. The number of benzene rings is 2. The molecule has 2 aromatic carbocycles. The fourth-order valence-electron chi connectivity index (χ4n) is 3.75. The maximum absolute atomic E-state index is 13.2. The van der Waals surface area contributed by atoms with Gasteiger partial charge in [0.05, 0.1) is 29.2 Å². The second kappa shape index (κ2) is 8.49. The van der Waals surface area contributed by atoms with E-state index in [0.717, 1.165) is 12.0 Å². The molecule has 7 heteroatoms. The van der Waals surface area contributed by atoms with Crippen LogP contribution >= 0.6 is 0 Å². The number of likely N-dealkylation sites (tertiary alicyclic amines) is 1. The predicted molar refractivity (Wildman–Crippen MR) is 111 cm³/mol. The molecule has 4 rings (SSSR count). The van der Waals surface area contributed by atoms with Crippen molar-refractivity contribution in [3.05, 3.63) is 83.4 Å². The zero-order valence-electron chi connectivity index (χ0n) is 16.7. The summed E-state index contributed by atoms with van der Waals surface area (Å²) in [5.41, 5.74) is 2.71. The predicted octanol–water partition coefficient (Wildman–Crippen LogP) is 3.41. The molecule has 2 heterocycles. The second-order valence-corrected chi connectivity index (χ2v) is 7.41. The van der Waals surface area contributed by atoms with Crippen LogP contribution in [-0.4, -0.2) is 39.6 Å². The average molecular weight is 406 g/mol. The molecule has 1 atom stereocenters. The maximum Gasteiger partial charge on any atom is 0.255 e. The summed E-state index contributed by atoms with van der Waals surface area (Å²) in [6.07, 6.45) is 2.91. The Morgan fingerprint density at radius 2 is 1.90 bits per heavy atom. The highest BCUT2D eigenvalue weighted by Crippen LogP contribution is 2.20. The van der Waals surface area contributed by atoms with Crippen LogP contribution in [0.4, 0.5) is 4.39 Å². The van der Waals surface area contributed by atoms with E-state index in [-0.39, 0.29) is 23.7 Å². The van der Waals surface area contributed by atoms with Gasteiger partial charge in [-0.2, -0.15) is 5.10 Å². The lowest BCUT2D eigenvalue weighted by atomic mass is 10.1. The zero-order valence-corrected chi connectivity index (χ0v) is 16.7. The Morgan fingerprint density at radius 3 is 2.57 bits per heavy atom. The third-order valence-electron chi connectivity index (χ3n) is 5.41. The number of hydrogen-bond donors (Lipinski definition) is 1. The molecule has 0 radical (unpaired) electrons. The molecular formula is C23H23FN4O2. The summed E-state index contributed by atoms with van der Waals surface area (Å²) in [7, 11) is 0. The minimum absolute atomic E-state index is 0.116. The van der Waals surface area contributed by atoms with Crippen LogP contribution in [0.1, 0.15) is 40.5 Å². The van der Waals surface area contributed by atoms with Crippen LogP contribution in [-0.2, 0) is 4.79 Å². The molecule has 30 heavy (non-hydrogen) atoms. The second-order valence-electron chi connectivity index (χ2n) is 7.41. The topological polar surface area (TPSA) is 67.2 Å². The number of amides is 2. The van der Waals surface area contributed by atoms with E-state index in [1.807, 2.05) is 30.3 Å². The summed E-state index contributed by atoms with van der Waals surface area (Å²) in [5, 5.41) is 7.37. The summed E-state index contributed by atoms with van der Waals surface area (Å²) in [6, 6.07) is 15.3. The Bertz CT molecular complexity index is 1050. The van der Waals surface area contributed by atoms with E-state index in [1.165, 1.54) is 18.3 Å². The highest BCUT2D eigenvalue weighted by atomic mass is 19.1. The van der Waals surface area contributed by atoms with Crippen molar-refractivity contribution in [3.63, 3.8) is 0 Å². The standard InChI is InChI=1S/C23H23FN4O2/c1-16-20(14-25-28(16)19-11-9-18(24)10-12-19)23(30)26-21(17-6-3-2-4-7-17)15-27-13-5-8-22(27)29/h2-4,6-7,9-12,14,21H,5,8,13,15H2,1H3,(H,26,30). The fraction of sp³-hybridized carbons (Fsp3) is 0.261. The van der Waals surface area contributed by atoms with Gasteiger partial charge in [-0.25, -0.2) is 9.07 Å². The zero-order chi connectivity index (χ0) is 21.1. The number of halogens is 1. The Hall–Kier alpha value is -3.48. The summed E-state index contributed by atoms with van der Waals surface area (Å²) in [4.78, 5) is 27.0. The highest BCUT2D eigenvalue weighted by molar-refractivity contribution is 5.95. The summed E-state index contributed by atoms with van der Waals surface area (Å²) in [5.74, 6) is -0.476. The number of nitrogens with one attached hydrogen (secondary N) is 1. The van der Waals surface area contributed by atoms with Gasteiger partial charge in [-0.15, -0.1) is 0 Å². The van der Waals surface area contributed by atoms with Gasteiger partial charge in [-0.05, 0) is 43.2 Å². The summed E-state index contributed by atoms with van der Waals surface area (Å²) < 4.78 is 14.8. The first-order valence-electron chi connectivity index (χ1n) is 9.97. The van der Waals surface area contributed by atoms with E-state index < -0.39 is 0 Å². The normalized spacial score (nSPS) is 14.7. The number of hydrogen-bond acceptors (Lipinski definition) is 3. The van der Waals surface area contributed by atoms with Gasteiger partial charge in [-0.1, -0.05) is 30.3 Å². The number of rotatable bonds is 6. The molecule has 154 valence electrons. The van der Waals surface area contributed by atoms with Crippen molar-refractivity contribution in [2.45, 2.75) is 25.8 Å². The van der Waals surface area contributed by atoms with Gasteiger partial charge in [0.1, 0.15) is 5.82 Å². The van der Waals surface area contributed by atoms with E-state index >= 15 is 0 Å². The van der Waals surface area contributed by atoms with Gasteiger partial charge in [0.15, 0.2) is 0 Å². The van der Waals surface area contributed by atoms with Gasteiger partial charge >= 0.3 is 0 Å². The van der Waals surface area contributed by atoms with Crippen LogP contribution in [0.25, 0.3) is 5.69 Å². The molecule has 6 nitrogen and oxygen atoms in total. The first kappa shape index (κ1) is 19.8. The van der Waals surface area contributed by atoms with Gasteiger partial charge in [0, 0.05) is 19.5 Å². The molecule has 1 fully saturated rings. The van der Waals surface area contributed by atoms with Crippen molar-refractivity contribution in [1.29, 1.82) is 0 Å². The van der Waals surface area contributed by atoms with Gasteiger partial charge in [0.25, 0.3) is 5.91 Å². The Kier molecular flexibility index (Phi) is 5.61. The SMILES string of the molecule is Cc1c(C(=O)NC(CN2CCCC2=O)c2ccccc2)cnn1-c1ccc(F)cc1. The molecule has 1 N–H and O–H groups in total. The van der Waals surface area contributed by atoms with E-state index in [0.29, 0.717) is 36.5 Å². The minimum Gasteiger partial charge on any atom is -0.343 e. The molecule has 3 aromatic rings. The average Bonchev–Trinajstić information content (AvgIpc) is 3.34. The fourth-order valence-corrected chi connectivity index (χ4v) is 3.75. The number of aromatic nitrogens is 2. The van der Waals surface area contributed by atoms with Gasteiger partial charge < -0.3 is 10.2 Å². The van der Waals surface area contributed by atoms with Crippen molar-refractivity contribution < 1.29 is 14.0 Å². The summed E-state index contributed by atoms with van der Waals surface area (Å²) >= 11 is 0. The van der Waals surface area contributed by atoms with Crippen molar-refractivity contribution in [2.24, 2.45) is 0 Å². The van der Waals surface area contributed by atoms with Crippen LogP contribution in [0.5, 0.6) is 0 Å². The monoisotopic (exact) mass is 406 g/mol. The van der Waals surface area contributed by atoms with E-state index in [2.05, 4.69) is 10.4 Å². The molecule has 1 aliphatic rings. The molecule has 1 aromatic heterocycles. The lowest BCUT2D eigenvalue weighted by molar-refractivity contribution is -0.128. The maximum atomic E-state index is 13.2. The third-order valence-corrected chi connectivity index (χ3v) is 5.41. The Labute approximate surface area is 174 Å². The number of nitrogens with zero attached hydrogens (tertiary/aromatic N) is 3. The van der Waals surface area contributed by atoms with E-state index in [1.54, 1.807) is 28.6 Å². The van der Waals surface area contributed by atoms with E-state index in [4.69, 9.17) is 0 Å². The van der Waals surface area contributed by atoms with Gasteiger partial charge in [-0.3, -0.25) is 9.59 Å². The van der Waals surface area contributed by atoms with Crippen molar-refractivity contribution in [2.75, 3.05) is 13.1 Å². The minimum atomic E-state index is -0.330. The first-order valence-corrected chi connectivity index (χ1v) is 9.97. The largest absolute Gasteiger partial charge is 0.343 e. The summed E-state index contributed by atoms with van der Waals surface area (Å²) in [6.45, 7) is 2.94. The van der Waals surface area contributed by atoms with Crippen molar-refractivity contribution in [3.8, 4) is 5.69 Å². The molecule has 0 aliphatic carbocycles. The number of carbonyl (C=O) groups is 2. The molecule has 0 spiro atoms. The highest BCUT2D eigenvalue weighted by Gasteiger charge is 2.26. The van der Waals surface area contributed by atoms with Gasteiger partial charge in [0.2, 0.25) is 5.91 Å². The number of carbonyl (C=O) groups excluding carboxylic acids is 2. The van der Waals surface area contributed by atoms with Crippen molar-refractivity contribution >= 4 is 11.8 Å². The molecule has 1 aliphatic heterocycles. The Balaban J connectivity index is 1.56. The Morgan fingerprint density at radius 1 is 1.17 bits per heavy atom.